The minimum Gasteiger partial charge on any atom is -0.465 e. The highest BCUT2D eigenvalue weighted by molar-refractivity contribution is 5.69. The third kappa shape index (κ3) is 8.73. The Balaban J connectivity index is 4.05. The third-order valence-corrected chi connectivity index (χ3v) is 2.69. The Bertz CT molecular complexity index is 273. The van der Waals surface area contributed by atoms with E-state index in [0.717, 1.165) is 24.8 Å². The second-order valence-electron chi connectivity index (χ2n) is 4.85. The van der Waals surface area contributed by atoms with Crippen molar-refractivity contribution in [1.82, 2.24) is 0 Å². The third-order valence-electron chi connectivity index (χ3n) is 2.69. The molecule has 2 nitrogen and oxygen atoms in total. The molecule has 98 valence electrons. The van der Waals surface area contributed by atoms with Gasteiger partial charge in [0.05, 0.1) is 6.61 Å². The maximum Gasteiger partial charge on any atom is 0.305 e. The molecule has 0 saturated carbocycles. The highest BCUT2D eigenvalue weighted by Gasteiger charge is 2.11. The zero-order valence-corrected chi connectivity index (χ0v) is 11.7. The van der Waals surface area contributed by atoms with E-state index in [0.29, 0.717) is 13.0 Å². The number of unbranched alkanes of at least 4 members (excludes halogenated alkanes) is 1. The van der Waals surface area contributed by atoms with Gasteiger partial charge in [-0.1, -0.05) is 37.1 Å². The van der Waals surface area contributed by atoms with E-state index >= 15 is 0 Å². The first-order valence-electron chi connectivity index (χ1n) is 6.41. The largest absolute Gasteiger partial charge is 0.465 e. The SMILES string of the molecule is C=C(C)[C@@H](CC=C(C)C)COC(=O)CCCC. The van der Waals surface area contributed by atoms with Crippen LogP contribution < -0.4 is 0 Å². The van der Waals surface area contributed by atoms with Crippen LogP contribution in [0.25, 0.3) is 0 Å². The van der Waals surface area contributed by atoms with Crippen LogP contribution in [0.15, 0.2) is 23.8 Å². The van der Waals surface area contributed by atoms with Crippen molar-refractivity contribution < 1.29 is 9.53 Å². The Labute approximate surface area is 106 Å². The lowest BCUT2D eigenvalue weighted by molar-refractivity contribution is -0.144. The van der Waals surface area contributed by atoms with Gasteiger partial charge in [-0.2, -0.15) is 0 Å². The molecule has 0 heterocycles. The predicted molar refractivity (Wildman–Crippen MR) is 72.8 cm³/mol. The van der Waals surface area contributed by atoms with E-state index in [1.165, 1.54) is 5.57 Å². The molecule has 0 aromatic heterocycles. The molecule has 2 heteroatoms. The number of hydrogen-bond acceptors (Lipinski definition) is 2. The predicted octanol–water partition coefficient (Wildman–Crippen LogP) is 4.27. The molecule has 0 aromatic rings. The summed E-state index contributed by atoms with van der Waals surface area (Å²) < 4.78 is 5.27. The first-order chi connectivity index (χ1) is 7.97. The van der Waals surface area contributed by atoms with Crippen molar-refractivity contribution in [3.63, 3.8) is 0 Å². The van der Waals surface area contributed by atoms with E-state index < -0.39 is 0 Å². The van der Waals surface area contributed by atoms with Gasteiger partial charge < -0.3 is 4.74 Å². The number of hydrogen-bond donors (Lipinski definition) is 0. The average molecular weight is 238 g/mol. The number of esters is 1. The Morgan fingerprint density at radius 1 is 1.35 bits per heavy atom. The molecule has 0 unspecified atom stereocenters. The van der Waals surface area contributed by atoms with Crippen LogP contribution in [0.3, 0.4) is 0 Å². The summed E-state index contributed by atoms with van der Waals surface area (Å²) in [6.45, 7) is 12.6. The van der Waals surface area contributed by atoms with Crippen molar-refractivity contribution in [3.05, 3.63) is 23.8 Å². The van der Waals surface area contributed by atoms with Crippen molar-refractivity contribution in [3.8, 4) is 0 Å². The molecule has 0 aliphatic rings. The van der Waals surface area contributed by atoms with Crippen molar-refractivity contribution in [2.45, 2.75) is 53.4 Å². The summed E-state index contributed by atoms with van der Waals surface area (Å²) in [5.74, 6) is 0.158. The standard InChI is InChI=1S/C15H26O2/c1-6-7-8-15(16)17-11-14(13(4)5)10-9-12(2)3/h9,14H,4,6-8,10-11H2,1-3,5H3/t14-/m0/s1. The van der Waals surface area contributed by atoms with Crippen LogP contribution in [0.1, 0.15) is 53.4 Å². The van der Waals surface area contributed by atoms with Crippen LogP contribution in [-0.2, 0) is 9.53 Å². The van der Waals surface area contributed by atoms with E-state index in [1.54, 1.807) is 0 Å². The monoisotopic (exact) mass is 238 g/mol. The quantitative estimate of drug-likeness (QED) is 0.466. The van der Waals surface area contributed by atoms with Crippen LogP contribution in [0.5, 0.6) is 0 Å². The minimum atomic E-state index is -0.0877. The molecule has 0 bridgehead atoms. The molecule has 0 fully saturated rings. The lowest BCUT2D eigenvalue weighted by Gasteiger charge is -2.15. The fourth-order valence-electron chi connectivity index (χ4n) is 1.38. The molecular weight excluding hydrogens is 212 g/mol. The lowest BCUT2D eigenvalue weighted by atomic mass is 9.98. The Hall–Kier alpha value is -1.05. The van der Waals surface area contributed by atoms with Gasteiger partial charge in [0, 0.05) is 12.3 Å². The normalized spacial score (nSPS) is 11.8. The van der Waals surface area contributed by atoms with Crippen LogP contribution in [0, 0.1) is 5.92 Å². The molecule has 1 atom stereocenters. The van der Waals surface area contributed by atoms with Crippen LogP contribution in [-0.4, -0.2) is 12.6 Å². The summed E-state index contributed by atoms with van der Waals surface area (Å²) >= 11 is 0. The number of allylic oxidation sites excluding steroid dienone is 2. The zero-order chi connectivity index (χ0) is 13.3. The van der Waals surface area contributed by atoms with Crippen LogP contribution in [0.4, 0.5) is 0 Å². The van der Waals surface area contributed by atoms with Gasteiger partial charge in [0.25, 0.3) is 0 Å². The number of ether oxygens (including phenoxy) is 1. The summed E-state index contributed by atoms with van der Waals surface area (Å²) in [5.41, 5.74) is 2.36. The van der Waals surface area contributed by atoms with Crippen molar-refractivity contribution >= 4 is 5.97 Å². The summed E-state index contributed by atoms with van der Waals surface area (Å²) in [6, 6.07) is 0. The zero-order valence-electron chi connectivity index (χ0n) is 11.7. The molecule has 0 saturated heterocycles. The fourth-order valence-corrected chi connectivity index (χ4v) is 1.38. The molecule has 0 spiro atoms. The van der Waals surface area contributed by atoms with Crippen molar-refractivity contribution in [2.75, 3.05) is 6.61 Å². The van der Waals surface area contributed by atoms with E-state index in [1.807, 2.05) is 6.92 Å². The van der Waals surface area contributed by atoms with Gasteiger partial charge in [-0.15, -0.1) is 0 Å². The van der Waals surface area contributed by atoms with Gasteiger partial charge in [0.15, 0.2) is 0 Å². The van der Waals surface area contributed by atoms with Gasteiger partial charge in [-0.25, -0.2) is 0 Å². The molecule has 17 heavy (non-hydrogen) atoms. The smallest absolute Gasteiger partial charge is 0.305 e. The summed E-state index contributed by atoms with van der Waals surface area (Å²) in [7, 11) is 0. The van der Waals surface area contributed by atoms with Gasteiger partial charge in [-0.05, 0) is 33.6 Å². The van der Waals surface area contributed by atoms with Crippen molar-refractivity contribution in [1.29, 1.82) is 0 Å². The Morgan fingerprint density at radius 2 is 2.00 bits per heavy atom. The number of carbonyl (C=O) groups is 1. The average Bonchev–Trinajstić information content (AvgIpc) is 2.25. The number of rotatable bonds is 8. The maximum absolute atomic E-state index is 11.4. The molecular formula is C15H26O2. The van der Waals surface area contributed by atoms with E-state index in [2.05, 4.69) is 33.4 Å². The lowest BCUT2D eigenvalue weighted by Crippen LogP contribution is -2.14. The molecule has 0 amide bonds. The van der Waals surface area contributed by atoms with Crippen LogP contribution in [0.2, 0.25) is 0 Å². The van der Waals surface area contributed by atoms with Gasteiger partial charge in [-0.3, -0.25) is 4.79 Å². The molecule has 0 radical (unpaired) electrons. The minimum absolute atomic E-state index is 0.0877. The second kappa shape index (κ2) is 9.03. The molecule has 0 aliphatic carbocycles. The molecule has 0 rings (SSSR count). The molecule has 0 aliphatic heterocycles. The summed E-state index contributed by atoms with van der Waals surface area (Å²) in [6.07, 6.45) is 5.53. The highest BCUT2D eigenvalue weighted by atomic mass is 16.5. The van der Waals surface area contributed by atoms with Gasteiger partial charge in [0.1, 0.15) is 0 Å². The molecule has 0 N–H and O–H groups in total. The topological polar surface area (TPSA) is 26.3 Å². The first kappa shape index (κ1) is 16.0. The number of carbonyl (C=O) groups excluding carboxylic acids is 1. The fraction of sp³-hybridized carbons (Fsp3) is 0.667. The van der Waals surface area contributed by atoms with E-state index in [-0.39, 0.29) is 11.9 Å². The highest BCUT2D eigenvalue weighted by Crippen LogP contribution is 2.16. The summed E-state index contributed by atoms with van der Waals surface area (Å²) in [5, 5.41) is 0. The van der Waals surface area contributed by atoms with E-state index in [4.69, 9.17) is 4.74 Å². The second-order valence-corrected chi connectivity index (χ2v) is 4.85. The Morgan fingerprint density at radius 3 is 2.47 bits per heavy atom. The van der Waals surface area contributed by atoms with Gasteiger partial charge >= 0.3 is 5.97 Å². The first-order valence-corrected chi connectivity index (χ1v) is 6.41. The van der Waals surface area contributed by atoms with Crippen LogP contribution >= 0.6 is 0 Å². The van der Waals surface area contributed by atoms with E-state index in [9.17, 15) is 4.79 Å². The van der Waals surface area contributed by atoms with Gasteiger partial charge in [0.2, 0.25) is 0 Å². The maximum atomic E-state index is 11.4. The molecule has 0 aromatic carbocycles. The Kier molecular flexibility index (Phi) is 8.47. The van der Waals surface area contributed by atoms with Crippen molar-refractivity contribution in [2.24, 2.45) is 5.92 Å². The summed E-state index contributed by atoms with van der Waals surface area (Å²) in [4.78, 5) is 11.4.